The van der Waals surface area contributed by atoms with Crippen molar-refractivity contribution in [2.75, 3.05) is 33.2 Å². The molecule has 7 heteroatoms. The van der Waals surface area contributed by atoms with E-state index in [-0.39, 0.29) is 0 Å². The van der Waals surface area contributed by atoms with Crippen LogP contribution in [0.3, 0.4) is 0 Å². The number of carbonyl (C=O) groups is 2. The molecule has 104 valence electrons. The minimum atomic E-state index is -1.27. The monoisotopic (exact) mass is 259 g/mol. The second-order valence-corrected chi connectivity index (χ2v) is 4.65. The van der Waals surface area contributed by atoms with Crippen LogP contribution in [0.1, 0.15) is 13.3 Å². The minimum Gasteiger partial charge on any atom is -0.480 e. The maximum absolute atomic E-state index is 11.9. The molecule has 0 aromatic heterocycles. The lowest BCUT2D eigenvalue weighted by Crippen LogP contribution is -2.52. The Morgan fingerprint density at radius 3 is 2.44 bits per heavy atom. The molecule has 2 amide bonds. The van der Waals surface area contributed by atoms with Crippen LogP contribution in [0.15, 0.2) is 0 Å². The first-order valence-electron chi connectivity index (χ1n) is 6.06. The van der Waals surface area contributed by atoms with E-state index < -0.39 is 24.1 Å². The lowest BCUT2D eigenvalue weighted by atomic mass is 10.2. The average Bonchev–Trinajstić information content (AvgIpc) is 2.49. The number of amides is 2. The molecule has 1 rings (SSSR count). The van der Waals surface area contributed by atoms with Gasteiger partial charge >= 0.3 is 12.0 Å². The molecule has 1 aliphatic rings. The summed E-state index contributed by atoms with van der Waals surface area (Å²) in [6.45, 7) is 4.19. The van der Waals surface area contributed by atoms with Gasteiger partial charge in [-0.05, 0) is 26.9 Å². The van der Waals surface area contributed by atoms with Crippen LogP contribution in [0.5, 0.6) is 0 Å². The average molecular weight is 259 g/mol. The van der Waals surface area contributed by atoms with Crippen LogP contribution in [0.2, 0.25) is 0 Å². The van der Waals surface area contributed by atoms with Crippen LogP contribution in [0.25, 0.3) is 0 Å². The Bertz CT molecular complexity index is 309. The van der Waals surface area contributed by atoms with E-state index in [2.05, 4.69) is 10.2 Å². The normalized spacial score (nSPS) is 20.9. The molecule has 0 aliphatic carbocycles. The minimum absolute atomic E-state index is 0.432. The third-order valence-corrected chi connectivity index (χ3v) is 3.03. The van der Waals surface area contributed by atoms with E-state index in [1.54, 1.807) is 4.90 Å². The Morgan fingerprint density at radius 2 is 1.89 bits per heavy atom. The van der Waals surface area contributed by atoms with E-state index in [4.69, 9.17) is 5.11 Å². The summed E-state index contributed by atoms with van der Waals surface area (Å²) in [5.74, 6) is -1.23. The van der Waals surface area contributed by atoms with Gasteiger partial charge in [-0.15, -0.1) is 0 Å². The van der Waals surface area contributed by atoms with Gasteiger partial charge in [-0.2, -0.15) is 0 Å². The summed E-state index contributed by atoms with van der Waals surface area (Å²) in [7, 11) is 1.98. The summed E-state index contributed by atoms with van der Waals surface area (Å²) in [5.41, 5.74) is 0. The molecule has 1 saturated heterocycles. The molecule has 0 spiro atoms. The van der Waals surface area contributed by atoms with Crippen LogP contribution in [0, 0.1) is 0 Å². The predicted molar refractivity (Wildman–Crippen MR) is 65.3 cm³/mol. The zero-order chi connectivity index (χ0) is 13.7. The molecule has 0 saturated carbocycles. The van der Waals surface area contributed by atoms with Gasteiger partial charge in [0.2, 0.25) is 0 Å². The third-order valence-electron chi connectivity index (χ3n) is 3.03. The van der Waals surface area contributed by atoms with Crippen molar-refractivity contribution >= 4 is 12.0 Å². The number of aliphatic hydroxyl groups is 1. The number of hydrogen-bond donors (Lipinski definition) is 3. The van der Waals surface area contributed by atoms with Crippen molar-refractivity contribution in [3.05, 3.63) is 0 Å². The van der Waals surface area contributed by atoms with Crippen molar-refractivity contribution in [1.29, 1.82) is 0 Å². The van der Waals surface area contributed by atoms with E-state index in [1.807, 2.05) is 7.05 Å². The summed E-state index contributed by atoms with van der Waals surface area (Å²) in [6.07, 6.45) is -0.267. The van der Waals surface area contributed by atoms with Crippen molar-refractivity contribution in [2.45, 2.75) is 25.5 Å². The van der Waals surface area contributed by atoms with Gasteiger partial charge in [0.1, 0.15) is 0 Å². The van der Waals surface area contributed by atoms with Gasteiger partial charge < -0.3 is 25.3 Å². The van der Waals surface area contributed by atoms with Gasteiger partial charge in [0.25, 0.3) is 0 Å². The highest BCUT2D eigenvalue weighted by atomic mass is 16.4. The van der Waals surface area contributed by atoms with Crippen LogP contribution in [-0.4, -0.2) is 77.4 Å². The maximum atomic E-state index is 11.9. The van der Waals surface area contributed by atoms with E-state index in [1.165, 1.54) is 6.92 Å². The fourth-order valence-corrected chi connectivity index (χ4v) is 1.86. The zero-order valence-electron chi connectivity index (χ0n) is 10.8. The Kier molecular flexibility index (Phi) is 5.36. The molecule has 1 aliphatic heterocycles. The van der Waals surface area contributed by atoms with E-state index >= 15 is 0 Å². The molecule has 18 heavy (non-hydrogen) atoms. The fraction of sp³-hybridized carbons (Fsp3) is 0.818. The number of urea groups is 1. The van der Waals surface area contributed by atoms with Crippen molar-refractivity contribution in [3.63, 3.8) is 0 Å². The molecule has 3 N–H and O–H groups in total. The number of carboxylic acids is 1. The van der Waals surface area contributed by atoms with Crippen LogP contribution in [0.4, 0.5) is 4.79 Å². The fourth-order valence-electron chi connectivity index (χ4n) is 1.86. The number of nitrogens with one attached hydrogen (secondary N) is 1. The Morgan fingerprint density at radius 1 is 1.22 bits per heavy atom. The molecule has 0 aromatic carbocycles. The predicted octanol–water partition coefficient (Wildman–Crippen LogP) is -0.832. The van der Waals surface area contributed by atoms with Gasteiger partial charge in [-0.25, -0.2) is 9.59 Å². The van der Waals surface area contributed by atoms with Crippen molar-refractivity contribution in [3.8, 4) is 0 Å². The SMILES string of the molecule is CC(O)C(NC(=O)N1CCCN(C)CC1)C(=O)O. The van der Waals surface area contributed by atoms with E-state index in [0.717, 1.165) is 19.5 Å². The van der Waals surface area contributed by atoms with Crippen molar-refractivity contribution in [2.24, 2.45) is 0 Å². The van der Waals surface area contributed by atoms with Crippen LogP contribution < -0.4 is 5.32 Å². The van der Waals surface area contributed by atoms with Crippen LogP contribution in [-0.2, 0) is 4.79 Å². The number of carbonyl (C=O) groups excluding carboxylic acids is 1. The van der Waals surface area contributed by atoms with Gasteiger partial charge in [-0.1, -0.05) is 0 Å². The molecule has 1 heterocycles. The first-order chi connectivity index (χ1) is 8.41. The van der Waals surface area contributed by atoms with Gasteiger partial charge in [-0.3, -0.25) is 0 Å². The van der Waals surface area contributed by atoms with Gasteiger partial charge in [0.15, 0.2) is 6.04 Å². The number of rotatable bonds is 3. The molecular weight excluding hydrogens is 238 g/mol. The highest BCUT2D eigenvalue weighted by Crippen LogP contribution is 2.03. The first kappa shape index (κ1) is 14.7. The summed E-state index contributed by atoms with van der Waals surface area (Å²) >= 11 is 0. The number of nitrogens with zero attached hydrogens (tertiary/aromatic N) is 2. The number of carboxylic acid groups (broad SMARTS) is 1. The Hall–Kier alpha value is -1.34. The summed E-state index contributed by atoms with van der Waals surface area (Å²) in [4.78, 5) is 26.5. The molecule has 0 radical (unpaired) electrons. The zero-order valence-corrected chi connectivity index (χ0v) is 10.8. The van der Waals surface area contributed by atoms with Gasteiger partial charge in [0.05, 0.1) is 6.10 Å². The second kappa shape index (κ2) is 6.55. The molecule has 0 bridgehead atoms. The quantitative estimate of drug-likeness (QED) is 0.615. The highest BCUT2D eigenvalue weighted by Gasteiger charge is 2.27. The molecule has 1 fully saturated rings. The van der Waals surface area contributed by atoms with E-state index in [0.29, 0.717) is 13.1 Å². The smallest absolute Gasteiger partial charge is 0.328 e. The lowest BCUT2D eigenvalue weighted by Gasteiger charge is -2.24. The summed E-state index contributed by atoms with van der Waals surface area (Å²) in [6, 6.07) is -1.70. The lowest BCUT2D eigenvalue weighted by molar-refractivity contribution is -0.141. The Labute approximate surface area is 106 Å². The molecule has 2 atom stereocenters. The number of aliphatic hydroxyl groups excluding tert-OH is 1. The van der Waals surface area contributed by atoms with Gasteiger partial charge in [0, 0.05) is 19.6 Å². The topological polar surface area (TPSA) is 93.1 Å². The summed E-state index contributed by atoms with van der Waals surface area (Å²) in [5, 5.41) is 20.5. The molecule has 7 nitrogen and oxygen atoms in total. The second-order valence-electron chi connectivity index (χ2n) is 4.65. The number of aliphatic carboxylic acids is 1. The third kappa shape index (κ3) is 4.15. The Balaban J connectivity index is 2.55. The molecule has 0 aromatic rings. The summed E-state index contributed by atoms with van der Waals surface area (Å²) < 4.78 is 0. The maximum Gasteiger partial charge on any atom is 0.328 e. The molecular formula is C11H21N3O4. The standard InChI is InChI=1S/C11H21N3O4/c1-8(15)9(10(16)17)12-11(18)14-5-3-4-13(2)6-7-14/h8-9,15H,3-7H2,1-2H3,(H,12,18)(H,16,17). The number of hydrogen-bond acceptors (Lipinski definition) is 4. The van der Waals surface area contributed by atoms with E-state index in [9.17, 15) is 14.7 Å². The number of likely N-dealkylation sites (N-methyl/N-ethyl adjacent to an activating group) is 1. The largest absolute Gasteiger partial charge is 0.480 e. The van der Waals surface area contributed by atoms with Crippen LogP contribution >= 0.6 is 0 Å². The van der Waals surface area contributed by atoms with Crippen molar-refractivity contribution < 1.29 is 19.8 Å². The van der Waals surface area contributed by atoms with Crippen molar-refractivity contribution in [1.82, 2.24) is 15.1 Å². The molecule has 2 unspecified atom stereocenters. The highest BCUT2D eigenvalue weighted by molar-refractivity contribution is 5.83. The first-order valence-corrected chi connectivity index (χ1v) is 6.06.